The van der Waals surface area contributed by atoms with Crippen molar-refractivity contribution in [2.75, 3.05) is 40.9 Å². The van der Waals surface area contributed by atoms with Gasteiger partial charge in [0.25, 0.3) is 0 Å². The van der Waals surface area contributed by atoms with Crippen molar-refractivity contribution in [2.45, 2.75) is 32.1 Å². The molecular weight excluding hydrogens is 304 g/mol. The first-order valence-electron chi connectivity index (χ1n) is 8.80. The number of carbonyl (C=O) groups excluding carboxylic acids is 1. The van der Waals surface area contributed by atoms with Crippen LogP contribution in [0.15, 0.2) is 18.2 Å². The lowest BCUT2D eigenvalue weighted by molar-refractivity contribution is -0.132. The van der Waals surface area contributed by atoms with Crippen LogP contribution in [0.2, 0.25) is 0 Å². The molecule has 1 aliphatic heterocycles. The molecule has 0 unspecified atom stereocenters. The van der Waals surface area contributed by atoms with Crippen LogP contribution in [-0.2, 0) is 11.2 Å². The van der Waals surface area contributed by atoms with Crippen LogP contribution in [0.5, 0.6) is 11.5 Å². The number of hydrogen-bond acceptors (Lipinski definition) is 4. The van der Waals surface area contributed by atoms with Crippen LogP contribution in [0.4, 0.5) is 0 Å². The van der Waals surface area contributed by atoms with Crippen LogP contribution in [0.1, 0.15) is 31.2 Å². The minimum absolute atomic E-state index is 0.254. The van der Waals surface area contributed by atoms with Crippen molar-refractivity contribution < 1.29 is 14.3 Å². The van der Waals surface area contributed by atoms with Gasteiger partial charge in [-0.05, 0) is 62.9 Å². The van der Waals surface area contributed by atoms with E-state index >= 15 is 0 Å². The van der Waals surface area contributed by atoms with Crippen LogP contribution in [0.25, 0.3) is 0 Å². The monoisotopic (exact) mass is 334 g/mol. The average molecular weight is 334 g/mol. The zero-order chi connectivity index (χ0) is 17.4. The Labute approximate surface area is 145 Å². The lowest BCUT2D eigenvalue weighted by Gasteiger charge is -2.32. The lowest BCUT2D eigenvalue weighted by atomic mass is 9.93. The van der Waals surface area contributed by atoms with Crippen LogP contribution in [0.3, 0.4) is 0 Å². The molecule has 0 spiro atoms. The predicted octanol–water partition coefficient (Wildman–Crippen LogP) is 2.48. The van der Waals surface area contributed by atoms with Gasteiger partial charge in [-0.2, -0.15) is 0 Å². The zero-order valence-corrected chi connectivity index (χ0v) is 15.1. The maximum Gasteiger partial charge on any atom is 0.222 e. The summed E-state index contributed by atoms with van der Waals surface area (Å²) in [5, 5.41) is 3.21. The summed E-state index contributed by atoms with van der Waals surface area (Å²) in [7, 11) is 5.27. The number of piperidine rings is 1. The first kappa shape index (κ1) is 18.6. The molecule has 2 rings (SSSR count). The highest BCUT2D eigenvalue weighted by molar-refractivity contribution is 5.76. The predicted molar refractivity (Wildman–Crippen MR) is 95.7 cm³/mol. The molecule has 1 amide bonds. The largest absolute Gasteiger partial charge is 0.497 e. The number of carbonyl (C=O) groups is 1. The number of benzene rings is 1. The SMILES string of the molecule is CNCCC1CCN(C(=O)CCc2cc(OC)cc(OC)c2)CC1. The zero-order valence-electron chi connectivity index (χ0n) is 15.1. The highest BCUT2D eigenvalue weighted by Crippen LogP contribution is 2.24. The first-order valence-corrected chi connectivity index (χ1v) is 8.80. The number of likely N-dealkylation sites (tertiary alicyclic amines) is 1. The van der Waals surface area contributed by atoms with E-state index in [-0.39, 0.29) is 5.91 Å². The standard InChI is InChI=1S/C19H30N2O3/c1-20-9-6-15-7-10-21(11-8-15)19(22)5-4-16-12-17(23-2)14-18(13-16)24-3/h12-15,20H,4-11H2,1-3H3. The fourth-order valence-electron chi connectivity index (χ4n) is 3.24. The van der Waals surface area contributed by atoms with Gasteiger partial charge < -0.3 is 19.7 Å². The summed E-state index contributed by atoms with van der Waals surface area (Å²) in [6.07, 6.45) is 4.71. The van der Waals surface area contributed by atoms with E-state index in [1.807, 2.05) is 30.1 Å². The number of ether oxygens (including phenoxy) is 2. The van der Waals surface area contributed by atoms with E-state index in [4.69, 9.17) is 9.47 Å². The Morgan fingerprint density at radius 2 is 1.79 bits per heavy atom. The fourth-order valence-corrected chi connectivity index (χ4v) is 3.24. The third-order valence-electron chi connectivity index (χ3n) is 4.81. The van der Waals surface area contributed by atoms with Crippen molar-refractivity contribution in [2.24, 2.45) is 5.92 Å². The van der Waals surface area contributed by atoms with Crippen LogP contribution < -0.4 is 14.8 Å². The Hall–Kier alpha value is -1.75. The maximum absolute atomic E-state index is 12.5. The molecule has 1 aromatic rings. The third kappa shape index (κ3) is 5.41. The van der Waals surface area contributed by atoms with Crippen molar-refractivity contribution >= 4 is 5.91 Å². The summed E-state index contributed by atoms with van der Waals surface area (Å²) in [6, 6.07) is 5.79. The second-order valence-corrected chi connectivity index (χ2v) is 6.44. The van der Waals surface area contributed by atoms with Gasteiger partial charge >= 0.3 is 0 Å². The maximum atomic E-state index is 12.5. The quantitative estimate of drug-likeness (QED) is 0.793. The van der Waals surface area contributed by atoms with E-state index in [2.05, 4.69) is 5.32 Å². The molecule has 0 aliphatic carbocycles. The van der Waals surface area contributed by atoms with Crippen molar-refractivity contribution in [1.82, 2.24) is 10.2 Å². The van der Waals surface area contributed by atoms with Gasteiger partial charge in [0.1, 0.15) is 11.5 Å². The first-order chi connectivity index (χ1) is 11.7. The normalized spacial score (nSPS) is 15.4. The molecule has 0 aromatic heterocycles. The lowest BCUT2D eigenvalue weighted by Crippen LogP contribution is -2.39. The van der Waals surface area contributed by atoms with E-state index in [0.29, 0.717) is 12.8 Å². The number of nitrogens with one attached hydrogen (secondary N) is 1. The van der Waals surface area contributed by atoms with Crippen molar-refractivity contribution in [1.29, 1.82) is 0 Å². The fraction of sp³-hybridized carbons (Fsp3) is 0.632. The smallest absolute Gasteiger partial charge is 0.222 e. The Morgan fingerprint density at radius 3 is 2.33 bits per heavy atom. The highest BCUT2D eigenvalue weighted by atomic mass is 16.5. The number of amides is 1. The van der Waals surface area contributed by atoms with E-state index in [9.17, 15) is 4.79 Å². The molecule has 0 saturated carbocycles. The second-order valence-electron chi connectivity index (χ2n) is 6.44. The minimum Gasteiger partial charge on any atom is -0.497 e. The van der Waals surface area contributed by atoms with Gasteiger partial charge in [0.15, 0.2) is 0 Å². The Balaban J connectivity index is 1.81. The summed E-state index contributed by atoms with van der Waals surface area (Å²) in [5.74, 6) is 2.54. The van der Waals surface area contributed by atoms with Crippen molar-refractivity contribution in [3.05, 3.63) is 23.8 Å². The van der Waals surface area contributed by atoms with Gasteiger partial charge in [-0.25, -0.2) is 0 Å². The van der Waals surface area contributed by atoms with Gasteiger partial charge in [0.2, 0.25) is 5.91 Å². The Morgan fingerprint density at radius 1 is 1.17 bits per heavy atom. The molecule has 0 atom stereocenters. The number of aryl methyl sites for hydroxylation is 1. The Bertz CT molecular complexity index is 503. The summed E-state index contributed by atoms with van der Waals surface area (Å²) >= 11 is 0. The van der Waals surface area contributed by atoms with E-state index in [1.165, 1.54) is 6.42 Å². The van der Waals surface area contributed by atoms with Gasteiger partial charge in [0.05, 0.1) is 14.2 Å². The minimum atomic E-state index is 0.254. The summed E-state index contributed by atoms with van der Waals surface area (Å²) in [6.45, 7) is 2.86. The number of hydrogen-bond donors (Lipinski definition) is 1. The van der Waals surface area contributed by atoms with Gasteiger partial charge in [-0.3, -0.25) is 4.79 Å². The molecule has 5 heteroatoms. The molecule has 1 aromatic carbocycles. The average Bonchev–Trinajstić information content (AvgIpc) is 2.64. The molecule has 1 N–H and O–H groups in total. The van der Waals surface area contributed by atoms with E-state index < -0.39 is 0 Å². The van der Waals surface area contributed by atoms with Crippen LogP contribution >= 0.6 is 0 Å². The van der Waals surface area contributed by atoms with Crippen molar-refractivity contribution in [3.63, 3.8) is 0 Å². The molecule has 1 saturated heterocycles. The van der Waals surface area contributed by atoms with Crippen molar-refractivity contribution in [3.8, 4) is 11.5 Å². The molecule has 1 fully saturated rings. The van der Waals surface area contributed by atoms with Crippen LogP contribution in [0, 0.1) is 5.92 Å². The molecule has 0 bridgehead atoms. The topological polar surface area (TPSA) is 50.8 Å². The van der Waals surface area contributed by atoms with Gasteiger partial charge in [0, 0.05) is 25.6 Å². The molecular formula is C19H30N2O3. The molecule has 24 heavy (non-hydrogen) atoms. The summed E-state index contributed by atoms with van der Waals surface area (Å²) in [5.41, 5.74) is 1.07. The van der Waals surface area contributed by atoms with Crippen LogP contribution in [-0.4, -0.2) is 51.7 Å². The summed E-state index contributed by atoms with van der Waals surface area (Å²) < 4.78 is 10.6. The molecule has 1 aliphatic rings. The highest BCUT2D eigenvalue weighted by Gasteiger charge is 2.22. The van der Waals surface area contributed by atoms with Gasteiger partial charge in [-0.1, -0.05) is 0 Å². The number of nitrogens with zero attached hydrogens (tertiary/aromatic N) is 1. The van der Waals surface area contributed by atoms with E-state index in [1.54, 1.807) is 14.2 Å². The molecule has 0 radical (unpaired) electrons. The number of methoxy groups -OCH3 is 2. The second kappa shape index (κ2) is 9.52. The summed E-state index contributed by atoms with van der Waals surface area (Å²) in [4.78, 5) is 14.5. The Kier molecular flexibility index (Phi) is 7.37. The number of rotatable bonds is 8. The van der Waals surface area contributed by atoms with E-state index in [0.717, 1.165) is 55.5 Å². The molecule has 1 heterocycles. The molecule has 5 nitrogen and oxygen atoms in total. The molecule has 134 valence electrons. The van der Waals surface area contributed by atoms with Gasteiger partial charge in [-0.15, -0.1) is 0 Å². The third-order valence-corrected chi connectivity index (χ3v) is 4.81.